The Morgan fingerprint density at radius 2 is 1.46 bits per heavy atom. The van der Waals surface area contributed by atoms with Gasteiger partial charge in [0.2, 0.25) is 0 Å². The number of alkyl halides is 3. The highest BCUT2D eigenvalue weighted by molar-refractivity contribution is 5.46. The predicted molar refractivity (Wildman–Crippen MR) is 45.8 cm³/mol. The van der Waals surface area contributed by atoms with E-state index in [1.54, 1.807) is 19.0 Å². The van der Waals surface area contributed by atoms with Crippen LogP contribution in [0.25, 0.3) is 0 Å². The maximum Gasteiger partial charge on any atom is 0.416 e. The molecular weight excluding hydrogens is 179 g/mol. The second-order valence-electron chi connectivity index (χ2n) is 2.94. The molecule has 1 rings (SSSR count). The largest absolute Gasteiger partial charge is 0.416 e. The number of nitrogens with zero attached hydrogens (tertiary/aromatic N) is 1. The van der Waals surface area contributed by atoms with Crippen LogP contribution < -0.4 is 4.90 Å². The highest BCUT2D eigenvalue weighted by Crippen LogP contribution is 2.30. The Kier molecular flexibility index (Phi) is 2.50. The summed E-state index contributed by atoms with van der Waals surface area (Å²) in [5.74, 6) is 0. The maximum absolute atomic E-state index is 12.1. The smallest absolute Gasteiger partial charge is 0.378 e. The van der Waals surface area contributed by atoms with Crippen LogP contribution >= 0.6 is 0 Å². The molecule has 0 heterocycles. The van der Waals surface area contributed by atoms with E-state index in [-0.39, 0.29) is 0 Å². The number of benzene rings is 1. The number of anilines is 1. The van der Waals surface area contributed by atoms with Gasteiger partial charge in [0.1, 0.15) is 0 Å². The summed E-state index contributed by atoms with van der Waals surface area (Å²) in [7, 11) is 3.56. The van der Waals surface area contributed by atoms with Crippen LogP contribution in [0.2, 0.25) is 0 Å². The molecule has 0 unspecified atom stereocenters. The van der Waals surface area contributed by atoms with Crippen molar-refractivity contribution in [2.24, 2.45) is 0 Å². The summed E-state index contributed by atoms with van der Waals surface area (Å²) >= 11 is 0. The Hall–Kier alpha value is -1.19. The summed E-state index contributed by atoms with van der Waals surface area (Å²) in [5, 5.41) is 0. The maximum atomic E-state index is 12.1. The van der Waals surface area contributed by atoms with Gasteiger partial charge in [-0.05, 0) is 24.3 Å². The van der Waals surface area contributed by atoms with Crippen LogP contribution in [0.1, 0.15) is 5.56 Å². The van der Waals surface area contributed by atoms with Gasteiger partial charge in [-0.2, -0.15) is 13.2 Å². The Labute approximate surface area is 74.8 Å². The van der Waals surface area contributed by atoms with Gasteiger partial charge in [0.25, 0.3) is 0 Å². The van der Waals surface area contributed by atoms with Crippen LogP contribution in [0.4, 0.5) is 18.9 Å². The van der Waals surface area contributed by atoms with Crippen molar-refractivity contribution in [1.29, 1.82) is 0 Å². The lowest BCUT2D eigenvalue weighted by Crippen LogP contribution is -2.10. The quantitative estimate of drug-likeness (QED) is 0.656. The monoisotopic (exact) mass is 189 g/mol. The highest BCUT2D eigenvalue weighted by atomic mass is 19.4. The molecule has 1 aromatic carbocycles. The predicted octanol–water partition coefficient (Wildman–Crippen LogP) is 2.77. The Morgan fingerprint density at radius 1 is 1.00 bits per heavy atom. The molecule has 4 heteroatoms. The molecule has 0 spiro atoms. The van der Waals surface area contributed by atoms with E-state index < -0.39 is 11.7 Å². The van der Waals surface area contributed by atoms with Gasteiger partial charge >= 0.3 is 6.18 Å². The third kappa shape index (κ3) is 2.37. The molecule has 1 aromatic rings. The first-order valence-electron chi connectivity index (χ1n) is 3.76. The van der Waals surface area contributed by atoms with Crippen LogP contribution in [0.15, 0.2) is 24.3 Å². The van der Waals surface area contributed by atoms with Crippen molar-refractivity contribution in [1.82, 2.24) is 0 Å². The molecule has 0 aliphatic rings. The van der Waals surface area contributed by atoms with Gasteiger partial charge < -0.3 is 4.90 Å². The van der Waals surface area contributed by atoms with E-state index >= 15 is 0 Å². The average molecular weight is 189 g/mol. The first-order valence-corrected chi connectivity index (χ1v) is 3.76. The molecule has 0 aliphatic carbocycles. The number of hydrogen-bond acceptors (Lipinski definition) is 1. The van der Waals surface area contributed by atoms with Crippen molar-refractivity contribution in [3.05, 3.63) is 29.8 Å². The molecule has 0 aliphatic heterocycles. The summed E-state index contributed by atoms with van der Waals surface area (Å²) < 4.78 is 36.3. The molecule has 1 nitrogen and oxygen atoms in total. The van der Waals surface area contributed by atoms with Gasteiger partial charge in [-0.3, -0.25) is 0 Å². The molecular formula is C9H10F3N. The molecule has 13 heavy (non-hydrogen) atoms. The normalized spacial score (nSPS) is 11.5. The fourth-order valence-electron chi connectivity index (χ4n) is 0.949. The van der Waals surface area contributed by atoms with E-state index in [0.717, 1.165) is 17.8 Å². The van der Waals surface area contributed by atoms with E-state index in [1.165, 1.54) is 12.1 Å². The van der Waals surface area contributed by atoms with Crippen LogP contribution in [0.3, 0.4) is 0 Å². The van der Waals surface area contributed by atoms with Crippen LogP contribution in [-0.2, 0) is 6.18 Å². The second-order valence-corrected chi connectivity index (χ2v) is 2.94. The zero-order chi connectivity index (χ0) is 10.1. The third-order valence-corrected chi connectivity index (χ3v) is 1.71. The van der Waals surface area contributed by atoms with Crippen molar-refractivity contribution in [2.75, 3.05) is 19.0 Å². The minimum Gasteiger partial charge on any atom is -0.378 e. The first-order chi connectivity index (χ1) is 5.91. The van der Waals surface area contributed by atoms with Gasteiger partial charge in [0, 0.05) is 19.8 Å². The first kappa shape index (κ1) is 9.89. The van der Waals surface area contributed by atoms with Gasteiger partial charge in [-0.15, -0.1) is 0 Å². The average Bonchev–Trinajstić information content (AvgIpc) is 2.03. The fourth-order valence-corrected chi connectivity index (χ4v) is 0.949. The van der Waals surface area contributed by atoms with Crippen molar-refractivity contribution in [2.45, 2.75) is 6.18 Å². The summed E-state index contributed by atoms with van der Waals surface area (Å²) in [4.78, 5) is 1.75. The number of halogens is 3. The van der Waals surface area contributed by atoms with Crippen molar-refractivity contribution in [3.8, 4) is 0 Å². The molecule has 72 valence electrons. The Morgan fingerprint density at radius 3 is 1.77 bits per heavy atom. The molecule has 0 atom stereocenters. The minimum absolute atomic E-state index is 0.613. The van der Waals surface area contributed by atoms with Gasteiger partial charge in [-0.1, -0.05) is 0 Å². The molecule has 0 fully saturated rings. The zero-order valence-corrected chi connectivity index (χ0v) is 7.39. The van der Waals surface area contributed by atoms with Gasteiger partial charge in [-0.25, -0.2) is 0 Å². The fraction of sp³-hybridized carbons (Fsp3) is 0.333. The number of hydrogen-bond donors (Lipinski definition) is 0. The van der Waals surface area contributed by atoms with E-state index in [4.69, 9.17) is 0 Å². The Bertz CT molecular complexity index is 274. The van der Waals surface area contributed by atoms with E-state index in [0.29, 0.717) is 0 Å². The van der Waals surface area contributed by atoms with Crippen molar-refractivity contribution < 1.29 is 13.2 Å². The van der Waals surface area contributed by atoms with Gasteiger partial charge in [0.05, 0.1) is 5.56 Å². The molecule has 0 aromatic heterocycles. The van der Waals surface area contributed by atoms with Crippen LogP contribution in [-0.4, -0.2) is 14.1 Å². The summed E-state index contributed by atoms with van der Waals surface area (Å²) in [5.41, 5.74) is 0.145. The number of rotatable bonds is 1. The molecule has 0 saturated carbocycles. The minimum atomic E-state index is -4.25. The van der Waals surface area contributed by atoms with Crippen LogP contribution in [0.5, 0.6) is 0 Å². The molecule has 0 amide bonds. The highest BCUT2D eigenvalue weighted by Gasteiger charge is 2.29. The molecule has 0 saturated heterocycles. The standard InChI is InChI=1S/C9H10F3N/c1-13(2)8-5-3-7(4-6-8)9(10,11)12/h3-6H,1-2H3. The summed E-state index contributed by atoms with van der Waals surface area (Å²) in [6.07, 6.45) is -4.25. The van der Waals surface area contributed by atoms with Crippen molar-refractivity contribution >= 4 is 5.69 Å². The molecule has 0 N–H and O–H groups in total. The van der Waals surface area contributed by atoms with E-state index in [9.17, 15) is 13.2 Å². The SMILES string of the molecule is CN(C)c1ccc(C(F)(F)F)cc1. The van der Waals surface area contributed by atoms with E-state index in [2.05, 4.69) is 0 Å². The molecule has 0 radical (unpaired) electrons. The van der Waals surface area contributed by atoms with Crippen molar-refractivity contribution in [3.63, 3.8) is 0 Å². The topological polar surface area (TPSA) is 3.24 Å². The zero-order valence-electron chi connectivity index (χ0n) is 7.39. The van der Waals surface area contributed by atoms with E-state index in [1.807, 2.05) is 0 Å². The summed E-state index contributed by atoms with van der Waals surface area (Å²) in [6, 6.07) is 5.05. The second kappa shape index (κ2) is 3.28. The lowest BCUT2D eigenvalue weighted by atomic mass is 10.2. The summed E-state index contributed by atoms with van der Waals surface area (Å²) in [6.45, 7) is 0. The Balaban J connectivity index is 2.94. The lowest BCUT2D eigenvalue weighted by Gasteiger charge is -2.13. The molecule has 0 bridgehead atoms. The van der Waals surface area contributed by atoms with Crippen LogP contribution in [0, 0.1) is 0 Å². The lowest BCUT2D eigenvalue weighted by molar-refractivity contribution is -0.137. The third-order valence-electron chi connectivity index (χ3n) is 1.71. The van der Waals surface area contributed by atoms with Gasteiger partial charge in [0.15, 0.2) is 0 Å².